The molecule has 0 aliphatic rings. The maximum Gasteiger partial charge on any atom is 0.416 e. The summed E-state index contributed by atoms with van der Waals surface area (Å²) in [5.41, 5.74) is 2.37. The Hall–Kier alpha value is -1.07. The predicted molar refractivity (Wildman–Crippen MR) is 44.8 cm³/mol. The van der Waals surface area contributed by atoms with Gasteiger partial charge in [0, 0.05) is 6.54 Å². The largest absolute Gasteiger partial charge is 0.416 e. The Morgan fingerprint density at radius 3 is 2.43 bits per heavy atom. The highest BCUT2D eigenvalue weighted by Gasteiger charge is 2.30. The highest BCUT2D eigenvalue weighted by atomic mass is 19.4. The van der Waals surface area contributed by atoms with E-state index in [-0.39, 0.29) is 6.54 Å². The molecule has 0 amide bonds. The van der Waals surface area contributed by atoms with E-state index in [0.29, 0.717) is 11.1 Å². The molecule has 0 saturated carbocycles. The Bertz CT molecular complexity index is 322. The van der Waals surface area contributed by atoms with Crippen LogP contribution in [0.4, 0.5) is 13.2 Å². The molecule has 2 N–H and O–H groups in total. The predicted octanol–water partition coefficient (Wildman–Crippen LogP) is 2.49. The molecule has 0 aliphatic heterocycles. The van der Waals surface area contributed by atoms with E-state index in [4.69, 9.17) is 5.21 Å². The molecule has 0 aromatic heterocycles. The number of halogens is 3. The molecule has 5 heteroatoms. The van der Waals surface area contributed by atoms with Crippen LogP contribution < -0.4 is 5.48 Å². The number of benzene rings is 1. The van der Waals surface area contributed by atoms with Crippen molar-refractivity contribution in [1.29, 1.82) is 0 Å². The Morgan fingerprint density at radius 2 is 2.00 bits per heavy atom. The maximum absolute atomic E-state index is 12.2. The van der Waals surface area contributed by atoms with Crippen LogP contribution in [0.1, 0.15) is 16.7 Å². The lowest BCUT2D eigenvalue weighted by molar-refractivity contribution is -0.137. The van der Waals surface area contributed by atoms with E-state index >= 15 is 0 Å². The number of aryl methyl sites for hydroxylation is 1. The monoisotopic (exact) mass is 205 g/mol. The number of hydroxylamine groups is 1. The Kier molecular flexibility index (Phi) is 3.13. The van der Waals surface area contributed by atoms with Gasteiger partial charge in [-0.2, -0.15) is 13.2 Å². The Balaban J connectivity index is 3.01. The average Bonchev–Trinajstić information content (AvgIpc) is 2.07. The average molecular weight is 205 g/mol. The van der Waals surface area contributed by atoms with Gasteiger partial charge in [-0.05, 0) is 30.2 Å². The van der Waals surface area contributed by atoms with Crippen LogP contribution in [0.15, 0.2) is 18.2 Å². The second-order valence-corrected chi connectivity index (χ2v) is 2.97. The van der Waals surface area contributed by atoms with Crippen LogP contribution in [0.2, 0.25) is 0 Å². The molecule has 0 atom stereocenters. The highest BCUT2D eigenvalue weighted by molar-refractivity contribution is 5.32. The first kappa shape index (κ1) is 11.0. The van der Waals surface area contributed by atoms with Crippen LogP contribution in [0.25, 0.3) is 0 Å². The smallest absolute Gasteiger partial charge is 0.316 e. The number of rotatable bonds is 2. The maximum atomic E-state index is 12.2. The lowest BCUT2D eigenvalue weighted by Crippen LogP contribution is -2.10. The Morgan fingerprint density at radius 1 is 1.36 bits per heavy atom. The molecule has 1 aromatic rings. The summed E-state index contributed by atoms with van der Waals surface area (Å²) in [6, 6.07) is 3.41. The summed E-state index contributed by atoms with van der Waals surface area (Å²) in [4.78, 5) is 0. The summed E-state index contributed by atoms with van der Waals surface area (Å²) >= 11 is 0. The zero-order valence-corrected chi connectivity index (χ0v) is 7.52. The second-order valence-electron chi connectivity index (χ2n) is 2.97. The molecular weight excluding hydrogens is 195 g/mol. The molecule has 78 valence electrons. The number of hydrogen-bond donors (Lipinski definition) is 2. The fourth-order valence-electron chi connectivity index (χ4n) is 1.16. The van der Waals surface area contributed by atoms with Crippen molar-refractivity contribution in [3.8, 4) is 0 Å². The summed E-state index contributed by atoms with van der Waals surface area (Å²) < 4.78 is 36.7. The van der Waals surface area contributed by atoms with Gasteiger partial charge in [0.05, 0.1) is 5.56 Å². The van der Waals surface area contributed by atoms with Crippen LogP contribution in [0, 0.1) is 6.92 Å². The molecule has 0 aliphatic carbocycles. The molecule has 14 heavy (non-hydrogen) atoms. The standard InChI is InChI=1S/C9H10F3NO/c1-6-4-8(9(10,11)12)3-2-7(6)5-13-14/h2-4,13-14H,5H2,1H3. The van der Waals surface area contributed by atoms with E-state index in [1.807, 2.05) is 5.48 Å². The molecule has 0 unspecified atom stereocenters. The third-order valence-corrected chi connectivity index (χ3v) is 1.94. The summed E-state index contributed by atoms with van der Waals surface area (Å²) in [6.07, 6.45) is -4.31. The SMILES string of the molecule is Cc1cc(C(F)(F)F)ccc1CNO. The molecule has 0 fully saturated rings. The summed E-state index contributed by atoms with van der Waals surface area (Å²) in [7, 11) is 0. The van der Waals surface area contributed by atoms with Crippen molar-refractivity contribution < 1.29 is 18.4 Å². The number of hydrogen-bond acceptors (Lipinski definition) is 2. The molecule has 0 spiro atoms. The second kappa shape index (κ2) is 3.98. The minimum atomic E-state index is -4.31. The van der Waals surface area contributed by atoms with Crippen molar-refractivity contribution >= 4 is 0 Å². The molecular formula is C9H10F3NO. The lowest BCUT2D eigenvalue weighted by atomic mass is 10.1. The summed E-state index contributed by atoms with van der Waals surface area (Å²) in [5, 5.41) is 8.40. The van der Waals surface area contributed by atoms with Crippen LogP contribution in [0.5, 0.6) is 0 Å². The van der Waals surface area contributed by atoms with Gasteiger partial charge in [0.15, 0.2) is 0 Å². The number of nitrogens with one attached hydrogen (secondary N) is 1. The highest BCUT2D eigenvalue weighted by Crippen LogP contribution is 2.30. The van der Waals surface area contributed by atoms with Gasteiger partial charge in [0.2, 0.25) is 0 Å². The fraction of sp³-hybridized carbons (Fsp3) is 0.333. The van der Waals surface area contributed by atoms with Gasteiger partial charge in [-0.1, -0.05) is 6.07 Å². The van der Waals surface area contributed by atoms with Crippen LogP contribution in [-0.4, -0.2) is 5.21 Å². The van der Waals surface area contributed by atoms with E-state index < -0.39 is 11.7 Å². The van der Waals surface area contributed by atoms with Crippen molar-refractivity contribution in [2.24, 2.45) is 0 Å². The third kappa shape index (κ3) is 2.46. The van der Waals surface area contributed by atoms with Crippen molar-refractivity contribution in [3.63, 3.8) is 0 Å². The van der Waals surface area contributed by atoms with E-state index in [0.717, 1.165) is 12.1 Å². The topological polar surface area (TPSA) is 32.3 Å². The summed E-state index contributed by atoms with van der Waals surface area (Å²) in [5.74, 6) is 0. The molecule has 0 heterocycles. The van der Waals surface area contributed by atoms with Gasteiger partial charge in [-0.3, -0.25) is 0 Å². The first-order chi connectivity index (χ1) is 6.45. The molecule has 0 bridgehead atoms. The molecule has 0 saturated heterocycles. The van der Waals surface area contributed by atoms with Gasteiger partial charge >= 0.3 is 6.18 Å². The minimum Gasteiger partial charge on any atom is -0.316 e. The molecule has 1 rings (SSSR count). The van der Waals surface area contributed by atoms with Crippen molar-refractivity contribution in [3.05, 3.63) is 34.9 Å². The van der Waals surface area contributed by atoms with Crippen molar-refractivity contribution in [1.82, 2.24) is 5.48 Å². The minimum absolute atomic E-state index is 0.143. The third-order valence-electron chi connectivity index (χ3n) is 1.94. The molecule has 0 radical (unpaired) electrons. The molecule has 2 nitrogen and oxygen atoms in total. The van der Waals surface area contributed by atoms with E-state index in [9.17, 15) is 13.2 Å². The van der Waals surface area contributed by atoms with Gasteiger partial charge < -0.3 is 5.21 Å². The number of alkyl halides is 3. The lowest BCUT2D eigenvalue weighted by Gasteiger charge is -2.10. The van der Waals surface area contributed by atoms with Gasteiger partial charge in [0.1, 0.15) is 0 Å². The first-order valence-corrected chi connectivity index (χ1v) is 3.99. The van der Waals surface area contributed by atoms with Crippen LogP contribution >= 0.6 is 0 Å². The van der Waals surface area contributed by atoms with E-state index in [1.54, 1.807) is 6.92 Å². The normalized spacial score (nSPS) is 11.8. The fourth-order valence-corrected chi connectivity index (χ4v) is 1.16. The zero-order chi connectivity index (χ0) is 10.8. The van der Waals surface area contributed by atoms with Gasteiger partial charge in [-0.15, -0.1) is 0 Å². The van der Waals surface area contributed by atoms with E-state index in [2.05, 4.69) is 0 Å². The summed E-state index contributed by atoms with van der Waals surface area (Å²) in [6.45, 7) is 1.71. The van der Waals surface area contributed by atoms with Crippen LogP contribution in [0.3, 0.4) is 0 Å². The first-order valence-electron chi connectivity index (χ1n) is 3.99. The Labute approximate surface area is 79.3 Å². The quantitative estimate of drug-likeness (QED) is 0.727. The van der Waals surface area contributed by atoms with Crippen LogP contribution in [-0.2, 0) is 12.7 Å². The van der Waals surface area contributed by atoms with Gasteiger partial charge in [0.25, 0.3) is 0 Å². The zero-order valence-electron chi connectivity index (χ0n) is 7.52. The van der Waals surface area contributed by atoms with Crippen molar-refractivity contribution in [2.45, 2.75) is 19.6 Å². The van der Waals surface area contributed by atoms with E-state index in [1.165, 1.54) is 6.07 Å². The van der Waals surface area contributed by atoms with Gasteiger partial charge in [-0.25, -0.2) is 5.48 Å². The molecule has 1 aromatic carbocycles. The van der Waals surface area contributed by atoms with Crippen molar-refractivity contribution in [2.75, 3.05) is 0 Å².